The van der Waals surface area contributed by atoms with Gasteiger partial charge in [-0.05, 0) is 49.1 Å². The van der Waals surface area contributed by atoms with Crippen LogP contribution in [0.2, 0.25) is 0 Å². The third-order valence-electron chi connectivity index (χ3n) is 3.81. The second-order valence-corrected chi connectivity index (χ2v) is 5.62. The molecule has 2 unspecified atom stereocenters. The first-order chi connectivity index (χ1) is 10.6. The van der Waals surface area contributed by atoms with Gasteiger partial charge in [0.05, 0.1) is 6.04 Å². The van der Waals surface area contributed by atoms with Gasteiger partial charge in [0.15, 0.2) is 6.61 Å². The summed E-state index contributed by atoms with van der Waals surface area (Å²) in [4.78, 5) is 0. The zero-order valence-electron chi connectivity index (χ0n) is 13.2. The molecule has 2 rings (SSSR count). The van der Waals surface area contributed by atoms with E-state index in [4.69, 9.17) is 4.74 Å². The number of alkyl halides is 3. The summed E-state index contributed by atoms with van der Waals surface area (Å²) in [7, 11) is 0. The van der Waals surface area contributed by atoms with Gasteiger partial charge in [0.2, 0.25) is 0 Å². The molecule has 2 atom stereocenters. The molecule has 0 radical (unpaired) electrons. The Labute approximate surface area is 132 Å². The maximum atomic E-state index is 12.3. The minimum absolute atomic E-state index is 0.0410. The standard InChI is InChI=1S/C16H20F3NO3/c1-4-10-6-11(23-7-16(17,18)19)5-8(2)12(10)13-14(21)9(3)20-15(13)22/h5-6,9,15,20-22H,4,7H2,1-3H3. The molecule has 128 valence electrons. The maximum Gasteiger partial charge on any atom is 0.422 e. The number of aryl methyl sites for hydroxylation is 2. The maximum absolute atomic E-state index is 12.3. The summed E-state index contributed by atoms with van der Waals surface area (Å²) in [5.74, 6) is 0.160. The summed E-state index contributed by atoms with van der Waals surface area (Å²) in [6.07, 6.45) is -4.89. The van der Waals surface area contributed by atoms with Crippen molar-refractivity contribution in [2.75, 3.05) is 6.61 Å². The number of hydrogen-bond acceptors (Lipinski definition) is 4. The normalized spacial score (nSPS) is 21.9. The molecule has 0 amide bonds. The van der Waals surface area contributed by atoms with Gasteiger partial charge in [-0.15, -0.1) is 0 Å². The van der Waals surface area contributed by atoms with E-state index >= 15 is 0 Å². The minimum Gasteiger partial charge on any atom is -0.510 e. The van der Waals surface area contributed by atoms with Crippen molar-refractivity contribution in [2.24, 2.45) is 0 Å². The fourth-order valence-electron chi connectivity index (χ4n) is 2.77. The molecule has 0 saturated carbocycles. The van der Waals surface area contributed by atoms with Gasteiger partial charge >= 0.3 is 6.18 Å². The van der Waals surface area contributed by atoms with E-state index in [1.807, 2.05) is 6.92 Å². The van der Waals surface area contributed by atoms with Gasteiger partial charge in [0.25, 0.3) is 0 Å². The molecule has 4 nitrogen and oxygen atoms in total. The van der Waals surface area contributed by atoms with Crippen molar-refractivity contribution in [3.8, 4) is 5.75 Å². The smallest absolute Gasteiger partial charge is 0.422 e. The zero-order chi connectivity index (χ0) is 17.4. The van der Waals surface area contributed by atoms with Crippen molar-refractivity contribution in [1.82, 2.24) is 5.32 Å². The Kier molecular flexibility index (Phi) is 4.91. The molecular formula is C16H20F3NO3. The van der Waals surface area contributed by atoms with Gasteiger partial charge < -0.3 is 14.9 Å². The highest BCUT2D eigenvalue weighted by Gasteiger charge is 2.32. The first kappa shape index (κ1) is 17.6. The largest absolute Gasteiger partial charge is 0.510 e. The first-order valence-electron chi connectivity index (χ1n) is 7.34. The Morgan fingerprint density at radius 2 is 1.96 bits per heavy atom. The summed E-state index contributed by atoms with van der Waals surface area (Å²) in [5, 5.41) is 23.1. The topological polar surface area (TPSA) is 61.7 Å². The molecule has 7 heteroatoms. The van der Waals surface area contributed by atoms with E-state index < -0.39 is 19.0 Å². The summed E-state index contributed by atoms with van der Waals surface area (Å²) in [6, 6.07) is 2.62. The van der Waals surface area contributed by atoms with Crippen molar-refractivity contribution >= 4 is 5.57 Å². The lowest BCUT2D eigenvalue weighted by molar-refractivity contribution is -0.153. The van der Waals surface area contributed by atoms with Crippen molar-refractivity contribution in [3.63, 3.8) is 0 Å². The Morgan fingerprint density at radius 1 is 1.30 bits per heavy atom. The minimum atomic E-state index is -4.40. The Hall–Kier alpha value is -1.73. The number of hydrogen-bond donors (Lipinski definition) is 3. The quantitative estimate of drug-likeness (QED) is 0.793. The summed E-state index contributed by atoms with van der Waals surface area (Å²) >= 11 is 0. The highest BCUT2D eigenvalue weighted by molar-refractivity contribution is 5.77. The van der Waals surface area contributed by atoms with Gasteiger partial charge in [-0.3, -0.25) is 5.32 Å². The second kappa shape index (κ2) is 6.41. The number of halogens is 3. The molecule has 1 aromatic carbocycles. The molecule has 1 aliphatic heterocycles. The predicted octanol–water partition coefficient (Wildman–Crippen LogP) is 3.08. The lowest BCUT2D eigenvalue weighted by Gasteiger charge is -2.18. The van der Waals surface area contributed by atoms with Crippen LogP contribution >= 0.6 is 0 Å². The molecule has 0 aromatic heterocycles. The van der Waals surface area contributed by atoms with Crippen molar-refractivity contribution in [1.29, 1.82) is 0 Å². The molecule has 0 saturated heterocycles. The van der Waals surface area contributed by atoms with Crippen LogP contribution in [0.4, 0.5) is 13.2 Å². The van der Waals surface area contributed by atoms with E-state index in [1.54, 1.807) is 13.8 Å². The number of nitrogens with one attached hydrogen (secondary N) is 1. The monoisotopic (exact) mass is 331 g/mol. The third-order valence-corrected chi connectivity index (χ3v) is 3.81. The highest BCUT2D eigenvalue weighted by atomic mass is 19.4. The van der Waals surface area contributed by atoms with Crippen LogP contribution in [0.1, 0.15) is 30.5 Å². The van der Waals surface area contributed by atoms with Crippen LogP contribution in [0.25, 0.3) is 5.57 Å². The number of ether oxygens (including phenoxy) is 1. The van der Waals surface area contributed by atoms with Crippen molar-refractivity contribution < 1.29 is 28.1 Å². The molecule has 0 fully saturated rings. The number of aliphatic hydroxyl groups is 2. The lowest BCUT2D eigenvalue weighted by Crippen LogP contribution is -2.30. The van der Waals surface area contributed by atoms with E-state index in [9.17, 15) is 23.4 Å². The van der Waals surface area contributed by atoms with E-state index in [1.165, 1.54) is 12.1 Å². The summed E-state index contributed by atoms with van der Waals surface area (Å²) in [6.45, 7) is 3.92. The number of aliphatic hydroxyl groups excluding tert-OH is 2. The fraction of sp³-hybridized carbons (Fsp3) is 0.500. The number of benzene rings is 1. The molecule has 3 N–H and O–H groups in total. The van der Waals surface area contributed by atoms with Gasteiger partial charge in [0.1, 0.15) is 17.7 Å². The van der Waals surface area contributed by atoms with Crippen LogP contribution < -0.4 is 10.1 Å². The molecule has 1 heterocycles. The second-order valence-electron chi connectivity index (χ2n) is 5.62. The third kappa shape index (κ3) is 3.79. The average Bonchev–Trinajstić information content (AvgIpc) is 2.69. The van der Waals surface area contributed by atoms with Gasteiger partial charge in [0, 0.05) is 5.57 Å². The van der Waals surface area contributed by atoms with Crippen LogP contribution in [0.3, 0.4) is 0 Å². The summed E-state index contributed by atoms with van der Waals surface area (Å²) in [5.41, 5.74) is 2.36. The SMILES string of the molecule is CCc1cc(OCC(F)(F)F)cc(C)c1C1=C(O)C(C)NC1O. The molecule has 1 aliphatic rings. The summed E-state index contributed by atoms with van der Waals surface area (Å²) < 4.78 is 41.7. The average molecular weight is 331 g/mol. The van der Waals surface area contributed by atoms with Gasteiger partial charge in [-0.25, -0.2) is 0 Å². The van der Waals surface area contributed by atoms with Crippen LogP contribution in [0.5, 0.6) is 5.75 Å². The van der Waals surface area contributed by atoms with Gasteiger partial charge in [-0.2, -0.15) is 13.2 Å². The molecule has 1 aromatic rings. The molecule has 23 heavy (non-hydrogen) atoms. The van der Waals surface area contributed by atoms with E-state index in [2.05, 4.69) is 5.32 Å². The van der Waals surface area contributed by atoms with E-state index in [-0.39, 0.29) is 17.6 Å². The van der Waals surface area contributed by atoms with Crippen molar-refractivity contribution in [2.45, 2.75) is 45.6 Å². The predicted molar refractivity (Wildman–Crippen MR) is 80.3 cm³/mol. The molecule has 0 bridgehead atoms. The van der Waals surface area contributed by atoms with E-state index in [0.29, 0.717) is 28.7 Å². The van der Waals surface area contributed by atoms with Crippen LogP contribution in [-0.4, -0.2) is 35.3 Å². The Morgan fingerprint density at radius 3 is 2.43 bits per heavy atom. The van der Waals surface area contributed by atoms with Crippen molar-refractivity contribution in [3.05, 3.63) is 34.6 Å². The Bertz CT molecular complexity index is 626. The highest BCUT2D eigenvalue weighted by Crippen LogP contribution is 2.35. The van der Waals surface area contributed by atoms with Crippen LogP contribution in [0.15, 0.2) is 17.9 Å². The zero-order valence-corrected chi connectivity index (χ0v) is 13.2. The van der Waals surface area contributed by atoms with E-state index in [0.717, 1.165) is 0 Å². The molecule has 0 aliphatic carbocycles. The number of rotatable bonds is 4. The van der Waals surface area contributed by atoms with Crippen LogP contribution in [-0.2, 0) is 6.42 Å². The van der Waals surface area contributed by atoms with Gasteiger partial charge in [-0.1, -0.05) is 6.92 Å². The molecule has 0 spiro atoms. The fourth-order valence-corrected chi connectivity index (χ4v) is 2.77. The molecular weight excluding hydrogens is 311 g/mol. The van der Waals surface area contributed by atoms with Crippen LogP contribution in [0, 0.1) is 6.92 Å². The Balaban J connectivity index is 2.43. The lowest BCUT2D eigenvalue weighted by atomic mass is 9.92. The first-order valence-corrected chi connectivity index (χ1v) is 7.34.